The first-order chi connectivity index (χ1) is 28.2. The number of para-hydroxylation sites is 2. The molecule has 0 atom stereocenters. The van der Waals surface area contributed by atoms with Crippen LogP contribution < -0.4 is 16.2 Å². The van der Waals surface area contributed by atoms with E-state index in [0.29, 0.717) is 21.8 Å². The molecule has 2 heterocycles. The van der Waals surface area contributed by atoms with E-state index in [-0.39, 0.29) is 18.1 Å². The number of aromatic nitrogens is 2. The van der Waals surface area contributed by atoms with E-state index in [1.54, 1.807) is 35.6 Å². The van der Waals surface area contributed by atoms with Gasteiger partial charge in [-0.05, 0) is 71.8 Å². The Kier molecular flexibility index (Phi) is 13.1. The van der Waals surface area contributed by atoms with Crippen molar-refractivity contribution in [3.05, 3.63) is 154 Å². The minimum absolute atomic E-state index is 0.0635. The third-order valence-electron chi connectivity index (χ3n) is 8.38. The highest BCUT2D eigenvalue weighted by Crippen LogP contribution is 2.35. The molecule has 0 saturated heterocycles. The molecular formula is C42H29BrF4N4O6S2. The van der Waals surface area contributed by atoms with Crippen LogP contribution in [0.15, 0.2) is 109 Å². The van der Waals surface area contributed by atoms with Crippen molar-refractivity contribution in [2.45, 2.75) is 11.9 Å². The van der Waals surface area contributed by atoms with Crippen LogP contribution in [0.5, 0.6) is 23.0 Å². The Morgan fingerprint density at radius 2 is 1.08 bits per heavy atom. The number of benzene rings is 6. The molecule has 7 N–H and O–H groups in total. The molecule has 0 aliphatic rings. The summed E-state index contributed by atoms with van der Waals surface area (Å²) in [5.41, 5.74) is 12.9. The molecule has 8 aromatic rings. The van der Waals surface area contributed by atoms with Crippen molar-refractivity contribution in [2.24, 2.45) is 11.5 Å². The van der Waals surface area contributed by atoms with Crippen LogP contribution in [0.25, 0.3) is 42.7 Å². The number of hydrogen-bond acceptors (Lipinski definition) is 10. The fourth-order valence-corrected chi connectivity index (χ4v) is 7.74. The number of phenolic OH excluding ortho intramolecular Hbond substituents is 3. The Morgan fingerprint density at radius 3 is 1.58 bits per heavy atom. The van der Waals surface area contributed by atoms with Crippen LogP contribution in [-0.4, -0.2) is 37.1 Å². The number of carbonyl (C=O) groups is 2. The van der Waals surface area contributed by atoms with Gasteiger partial charge in [0.2, 0.25) is 0 Å². The Hall–Kier alpha value is -6.56. The van der Waals surface area contributed by atoms with Gasteiger partial charge in [-0.1, -0.05) is 64.5 Å². The highest BCUT2D eigenvalue weighted by molar-refractivity contribution is 9.08. The highest BCUT2D eigenvalue weighted by atomic mass is 79.9. The van der Waals surface area contributed by atoms with Crippen LogP contribution in [0.2, 0.25) is 0 Å². The number of halogens is 5. The second-order valence-corrected chi connectivity index (χ2v) is 15.0. The van der Waals surface area contributed by atoms with Gasteiger partial charge in [0.1, 0.15) is 50.9 Å². The molecule has 0 saturated carbocycles. The van der Waals surface area contributed by atoms with Crippen LogP contribution in [0.3, 0.4) is 0 Å². The van der Waals surface area contributed by atoms with Gasteiger partial charge < -0.3 is 31.5 Å². The van der Waals surface area contributed by atoms with Gasteiger partial charge in [-0.3, -0.25) is 9.59 Å². The monoisotopic (exact) mass is 904 g/mol. The normalized spacial score (nSPS) is 10.7. The van der Waals surface area contributed by atoms with Gasteiger partial charge in [0.25, 0.3) is 11.8 Å². The van der Waals surface area contributed by atoms with Crippen molar-refractivity contribution < 1.29 is 47.2 Å². The topological polar surface area (TPSA) is 182 Å². The van der Waals surface area contributed by atoms with E-state index in [0.717, 1.165) is 61.5 Å². The Balaban J connectivity index is 0.000000165. The van der Waals surface area contributed by atoms with E-state index in [1.807, 2.05) is 54.6 Å². The zero-order valence-electron chi connectivity index (χ0n) is 30.1. The van der Waals surface area contributed by atoms with E-state index in [4.69, 9.17) is 15.6 Å². The summed E-state index contributed by atoms with van der Waals surface area (Å²) < 4.78 is 60.6. The van der Waals surface area contributed by atoms with E-state index in [1.165, 1.54) is 16.0 Å². The van der Waals surface area contributed by atoms with Crippen LogP contribution in [0.1, 0.15) is 30.7 Å². The second kappa shape index (κ2) is 18.4. The second-order valence-electron chi connectivity index (χ2n) is 12.3. The molecule has 8 rings (SSSR count). The quantitative estimate of drug-likeness (QED) is 0.0738. The van der Waals surface area contributed by atoms with Crippen molar-refractivity contribution in [3.63, 3.8) is 0 Å². The predicted molar refractivity (Wildman–Crippen MR) is 222 cm³/mol. The number of aromatic hydroxyl groups is 3. The number of fused-ring (bicyclic) bond motifs is 2. The summed E-state index contributed by atoms with van der Waals surface area (Å²) in [6, 6.07) is 29.6. The molecule has 6 aromatic carbocycles. The van der Waals surface area contributed by atoms with Gasteiger partial charge in [-0.25, -0.2) is 27.5 Å². The zero-order valence-corrected chi connectivity index (χ0v) is 33.3. The summed E-state index contributed by atoms with van der Waals surface area (Å²) in [5.74, 6) is -7.67. The number of ether oxygens (including phenoxy) is 1. The Labute approximate surface area is 348 Å². The number of thiazole rings is 2. The fourth-order valence-electron chi connectivity index (χ4n) is 5.62. The SMILES string of the molecule is NC(=O)c1c(F)ccc(O)c1F.NC(=O)c1c(F)ccc(OCc2nc3cc(-c4ccccc4O)ccc3s2)c1F.Oc1ccccc1-c1ccc2sc(CBr)nc2c1. The first kappa shape index (κ1) is 42.1. The summed E-state index contributed by atoms with van der Waals surface area (Å²) in [4.78, 5) is 30.7. The van der Waals surface area contributed by atoms with E-state index >= 15 is 0 Å². The molecule has 2 aromatic heterocycles. The third-order valence-corrected chi connectivity index (χ3v) is 11.3. The van der Waals surface area contributed by atoms with Crippen molar-refractivity contribution in [2.75, 3.05) is 0 Å². The fraction of sp³-hybridized carbons (Fsp3) is 0.0476. The summed E-state index contributed by atoms with van der Waals surface area (Å²) >= 11 is 6.46. The van der Waals surface area contributed by atoms with Crippen molar-refractivity contribution >= 4 is 70.9 Å². The van der Waals surface area contributed by atoms with Crippen molar-refractivity contribution in [1.82, 2.24) is 9.97 Å². The lowest BCUT2D eigenvalue weighted by Crippen LogP contribution is -2.16. The molecule has 0 unspecified atom stereocenters. The maximum Gasteiger partial charge on any atom is 0.254 e. The molecule has 0 aliphatic heterocycles. The van der Waals surface area contributed by atoms with Crippen LogP contribution in [-0.2, 0) is 11.9 Å². The lowest BCUT2D eigenvalue weighted by atomic mass is 10.0. The molecule has 10 nitrogen and oxygen atoms in total. The van der Waals surface area contributed by atoms with Gasteiger partial charge in [-0.2, -0.15) is 0 Å². The van der Waals surface area contributed by atoms with Crippen LogP contribution in [0, 0.1) is 23.3 Å². The lowest BCUT2D eigenvalue weighted by Gasteiger charge is -2.08. The smallest absolute Gasteiger partial charge is 0.254 e. The van der Waals surface area contributed by atoms with Crippen molar-refractivity contribution in [3.8, 4) is 45.3 Å². The van der Waals surface area contributed by atoms with Gasteiger partial charge >= 0.3 is 0 Å². The zero-order chi connectivity index (χ0) is 42.4. The number of nitrogens with two attached hydrogens (primary N) is 2. The van der Waals surface area contributed by atoms with Gasteiger partial charge in [0.05, 0.1) is 25.8 Å². The minimum atomic E-state index is -1.33. The number of phenols is 3. The average molecular weight is 906 g/mol. The molecular weight excluding hydrogens is 877 g/mol. The summed E-state index contributed by atoms with van der Waals surface area (Å²) in [6.45, 7) is -0.0635. The Morgan fingerprint density at radius 1 is 0.610 bits per heavy atom. The number of amides is 2. The molecule has 59 heavy (non-hydrogen) atoms. The van der Waals surface area contributed by atoms with Gasteiger partial charge in [0, 0.05) is 11.1 Å². The van der Waals surface area contributed by atoms with Gasteiger partial charge in [0.15, 0.2) is 23.1 Å². The molecule has 0 fully saturated rings. The number of primary amides is 2. The lowest BCUT2D eigenvalue weighted by molar-refractivity contribution is 0.0982. The number of rotatable bonds is 8. The minimum Gasteiger partial charge on any atom is -0.507 e. The van der Waals surface area contributed by atoms with E-state index < -0.39 is 52.0 Å². The number of nitrogens with zero attached hydrogens (tertiary/aromatic N) is 2. The van der Waals surface area contributed by atoms with Gasteiger partial charge in [-0.15, -0.1) is 22.7 Å². The highest BCUT2D eigenvalue weighted by Gasteiger charge is 2.20. The first-order valence-corrected chi connectivity index (χ1v) is 19.8. The molecule has 0 aliphatic carbocycles. The molecule has 300 valence electrons. The summed E-state index contributed by atoms with van der Waals surface area (Å²) in [5, 5.41) is 31.0. The number of hydrogen-bond donors (Lipinski definition) is 5. The molecule has 2 amide bonds. The van der Waals surface area contributed by atoms with Crippen molar-refractivity contribution in [1.29, 1.82) is 0 Å². The third kappa shape index (κ3) is 9.60. The molecule has 0 spiro atoms. The molecule has 0 bridgehead atoms. The maximum atomic E-state index is 14.3. The van der Waals surface area contributed by atoms with E-state index in [9.17, 15) is 37.4 Å². The van der Waals surface area contributed by atoms with Crippen LogP contribution in [0.4, 0.5) is 17.6 Å². The number of carbonyl (C=O) groups excluding carboxylic acids is 2. The molecule has 0 radical (unpaired) electrons. The standard InChI is InChI=1S/C21H14F2N2O3S.C14H10BrNOS.C7H5F2NO2/c22-13-6-7-16(20(23)19(13)21(24)27)28-10-18-25-14-9-11(5-8-17(14)29-18)12-3-1-2-4-15(12)26;15-8-14-16-11-7-9(5-6-13(11)18-14)10-3-1-2-4-12(10)17;8-3-1-2-4(11)6(9)5(3)7(10)12/h1-9,26H,10H2,(H2,24,27);1-7,17H,8H2;1-2,11H,(H2,10,12). The summed E-state index contributed by atoms with van der Waals surface area (Å²) in [6.07, 6.45) is 0. The largest absolute Gasteiger partial charge is 0.507 e. The van der Waals surface area contributed by atoms with E-state index in [2.05, 4.69) is 37.7 Å². The van der Waals surface area contributed by atoms with Crippen LogP contribution >= 0.6 is 38.6 Å². The number of alkyl halides is 1. The Bertz CT molecular complexity index is 2860. The maximum absolute atomic E-state index is 14.3. The summed E-state index contributed by atoms with van der Waals surface area (Å²) in [7, 11) is 0. The first-order valence-electron chi connectivity index (χ1n) is 17.0. The predicted octanol–water partition coefficient (Wildman–Crippen LogP) is 9.96. The molecule has 17 heteroatoms. The average Bonchev–Trinajstić information content (AvgIpc) is 3.83.